The third kappa shape index (κ3) is 35.6. The van der Waals surface area contributed by atoms with Crippen LogP contribution in [0.3, 0.4) is 0 Å². The van der Waals surface area contributed by atoms with Gasteiger partial charge in [0.25, 0.3) is 0 Å². The summed E-state index contributed by atoms with van der Waals surface area (Å²) < 4.78 is 2.95. The molecule has 0 aromatic carbocycles. The monoisotopic (exact) mass is 1490 g/mol. The van der Waals surface area contributed by atoms with Crippen molar-refractivity contribution >= 4 is 166 Å². The molecule has 4 radical (unpaired) electrons. The summed E-state index contributed by atoms with van der Waals surface area (Å²) in [5, 5.41) is 0. The maximum atomic E-state index is 5.51. The van der Waals surface area contributed by atoms with E-state index in [2.05, 4.69) is 240 Å². The van der Waals surface area contributed by atoms with E-state index in [9.17, 15) is 0 Å². The number of rotatable bonds is 15. The molecule has 0 saturated carbocycles. The van der Waals surface area contributed by atoms with Crippen molar-refractivity contribution in [1.82, 2.24) is 0 Å². The van der Waals surface area contributed by atoms with Crippen LogP contribution in [0.15, 0.2) is 0 Å². The molecule has 0 aliphatic carbocycles. The van der Waals surface area contributed by atoms with Gasteiger partial charge in [0, 0.05) is 219 Å². The first kappa shape index (κ1) is 94.0. The standard InChI is InChI=1S/C13H35S2Si4.C11H30S2Si4.C9H28Si4.C4H7S2.2C2H5.4Y/c1-12-14-13(2)15-19(16(3,4)5,17(6,7)8)18(9,10)11;1-11(12)13-17(14(2,3)4,15(5,6)7)16(8,9)10;1-11(2,3)10(12(4,5)6)13(7,8)9;1-3-6-4(2)5;2*1-2;;;;/h12-13H,1-11H3;1-10H3;10H,1-9H3;3H,1-2H3;2*1H2,2H3;;;;/q-1;;;3*-1;;;;. The average molecular weight is 1490 g/mol. The molecule has 63 heavy (non-hydrogen) atoms. The van der Waals surface area contributed by atoms with Crippen molar-refractivity contribution < 1.29 is 131 Å². The summed E-state index contributed by atoms with van der Waals surface area (Å²) in [7, 11) is -9.47. The molecule has 0 saturated heterocycles. The molecule has 0 fully saturated rings. The van der Waals surface area contributed by atoms with Gasteiger partial charge < -0.3 is 37.4 Å². The Hall–Kier alpha value is 8.60. The van der Waals surface area contributed by atoms with Crippen LogP contribution >= 0.6 is 70.4 Å². The second-order valence-corrected chi connectivity index (χ2v) is 163. The molecule has 0 aromatic rings. The maximum Gasteiger partial charge on any atom is 0.101 e. The fraction of sp³-hybridized carbons (Fsp3) is 0.854. The van der Waals surface area contributed by atoms with Gasteiger partial charge in [-0.25, -0.2) is 0 Å². The van der Waals surface area contributed by atoms with E-state index in [1.54, 1.807) is 25.6 Å². The van der Waals surface area contributed by atoms with Crippen LogP contribution in [0.5, 0.6) is 0 Å². The predicted molar refractivity (Wildman–Crippen MR) is 347 cm³/mol. The van der Waals surface area contributed by atoms with E-state index in [4.69, 9.17) is 24.4 Å². The molecule has 0 heterocycles. The Morgan fingerprint density at radius 1 is 0.429 bits per heavy atom. The van der Waals surface area contributed by atoms with E-state index in [0.717, 1.165) is 8.78 Å². The molecule has 0 N–H and O–H groups in total. The average Bonchev–Trinajstić information content (AvgIpc) is 2.91. The van der Waals surface area contributed by atoms with Gasteiger partial charge in [-0.2, -0.15) is 50.1 Å². The first-order chi connectivity index (χ1) is 25.5. The van der Waals surface area contributed by atoms with E-state index in [1.165, 1.54) is 4.20 Å². The Morgan fingerprint density at radius 3 is 0.730 bits per heavy atom. The first-order valence-corrected chi connectivity index (χ1v) is 74.9. The Morgan fingerprint density at radius 2 is 0.651 bits per heavy atom. The summed E-state index contributed by atoms with van der Waals surface area (Å²) in [4.78, 5) is 0. The van der Waals surface area contributed by atoms with Crippen LogP contribution < -0.4 is 0 Å². The number of hydrogen-bond acceptors (Lipinski definition) is 6. The van der Waals surface area contributed by atoms with Crippen LogP contribution in [-0.2, 0) is 131 Å². The van der Waals surface area contributed by atoms with Crippen molar-refractivity contribution in [3.05, 3.63) is 25.4 Å². The predicted octanol–water partition coefficient (Wildman–Crippen LogP) is 18.8. The van der Waals surface area contributed by atoms with Gasteiger partial charge in [-0.15, -0.1) is 0 Å². The third-order valence-corrected chi connectivity index (χ3v) is 257. The van der Waals surface area contributed by atoms with Crippen molar-refractivity contribution in [3.63, 3.8) is 0 Å². The number of thioether (sulfide) groups is 2. The normalized spacial score (nSPS) is 13.2. The van der Waals surface area contributed by atoms with Crippen LogP contribution in [0.25, 0.3) is 0 Å². The van der Waals surface area contributed by atoms with Crippen LogP contribution in [0, 0.1) is 25.4 Å². The Kier molecular flexibility index (Phi) is 59.5. The fourth-order valence-corrected chi connectivity index (χ4v) is 336. The molecule has 0 bridgehead atoms. The van der Waals surface area contributed by atoms with Crippen molar-refractivity contribution in [3.8, 4) is 0 Å². The molecular weight excluding hydrogens is 1380 g/mol. The van der Waals surface area contributed by atoms with Crippen LogP contribution in [0.2, 0.25) is 177 Å². The smallest absolute Gasteiger partial charge is 0.101 e. The molecule has 0 rings (SSSR count). The maximum absolute atomic E-state index is 5.51. The molecule has 0 amide bonds. The zero-order valence-corrected chi connectivity index (χ0v) is 77.4. The Labute approximate surface area is 542 Å². The van der Waals surface area contributed by atoms with Gasteiger partial charge in [0.2, 0.25) is 0 Å². The Bertz CT molecular complexity index is 1060. The van der Waals surface area contributed by atoms with Crippen molar-refractivity contribution in [1.29, 1.82) is 0 Å². The topological polar surface area (TPSA) is 0 Å². The van der Waals surface area contributed by atoms with Crippen molar-refractivity contribution in [2.75, 3.05) is 0 Å². The van der Waals surface area contributed by atoms with E-state index < -0.39 is 79.9 Å². The minimum Gasteiger partial charge on any atom is -0.346 e. The minimum atomic E-state index is -1.27. The molecular formula is C41H110S6Si12Y4-4. The van der Waals surface area contributed by atoms with Gasteiger partial charge in [-0.3, -0.25) is 11.5 Å². The Balaban J connectivity index is -0.0000000740. The summed E-state index contributed by atoms with van der Waals surface area (Å²) >= 11 is 18.6. The molecule has 22 heteroatoms. The molecule has 0 nitrogen and oxygen atoms in total. The summed E-state index contributed by atoms with van der Waals surface area (Å²) in [5.74, 6) is 1.78. The quantitative estimate of drug-likeness (QED) is 0.0689. The molecule has 374 valence electrons. The van der Waals surface area contributed by atoms with Gasteiger partial charge in [0.15, 0.2) is 0 Å². The van der Waals surface area contributed by atoms with E-state index in [-0.39, 0.29) is 138 Å². The second kappa shape index (κ2) is 39.9. The third-order valence-electron chi connectivity index (χ3n) is 10.2. The summed E-state index contributed by atoms with van der Waals surface area (Å²) in [6.45, 7) is 91.9. The largest absolute Gasteiger partial charge is 0.346 e. The molecule has 0 aromatic heterocycles. The zero-order chi connectivity index (χ0) is 50.1. The zero-order valence-electron chi connectivity index (χ0n) is 49.0. The van der Waals surface area contributed by atoms with Crippen molar-refractivity contribution in [2.45, 2.75) is 230 Å². The molecule has 0 aliphatic heterocycles. The molecule has 1 unspecified atom stereocenters. The van der Waals surface area contributed by atoms with Crippen LogP contribution in [-0.4, -0.2) is 100 Å². The first-order valence-electron chi connectivity index (χ1n) is 22.2. The van der Waals surface area contributed by atoms with E-state index in [1.807, 2.05) is 31.4 Å². The van der Waals surface area contributed by atoms with Gasteiger partial charge in [0.05, 0.1) is 5.78 Å². The van der Waals surface area contributed by atoms with Gasteiger partial charge in [0.1, 0.15) is 5.78 Å². The fourth-order valence-electron chi connectivity index (χ4n) is 12.5. The SMILES string of the molecule is CC(=S)S[Si]([Si](C)(C)C)([Si](C)(C)C)[Si](C)(C)C.C[CH-]SC(C)=S.C[CH-]SC(C)S[Si]([Si](C)(C)C)([Si](C)(C)C)[Si](C)(C)C.C[Si](C)(C)[SiH]([Si](C)(C)C)[Si](C)(C)C.[CH2-]C.[CH2-]C.[Y].[Y].[Y].[Y]. The molecule has 0 aliphatic rings. The summed E-state index contributed by atoms with van der Waals surface area (Å²) in [5.41, 5.74) is 0. The summed E-state index contributed by atoms with van der Waals surface area (Å²) in [6, 6.07) is 0. The number of hydrogen-bond donors (Lipinski definition) is 0. The minimum absolute atomic E-state index is 0. The van der Waals surface area contributed by atoms with Crippen LogP contribution in [0.4, 0.5) is 0 Å². The van der Waals surface area contributed by atoms with Gasteiger partial charge in [-0.05, 0) is 20.8 Å². The van der Waals surface area contributed by atoms with Gasteiger partial charge >= 0.3 is 0 Å². The van der Waals surface area contributed by atoms with E-state index in [0.29, 0.717) is 0 Å². The second-order valence-electron chi connectivity index (χ2n) is 24.9. The summed E-state index contributed by atoms with van der Waals surface area (Å²) in [6.07, 6.45) is 0. The number of thiocarbonyl (C=S) groups is 2. The van der Waals surface area contributed by atoms with Gasteiger partial charge in [-0.1, -0.05) is 201 Å². The molecule has 1 atom stereocenters. The molecule has 0 spiro atoms. The van der Waals surface area contributed by atoms with Crippen LogP contribution in [0.1, 0.15) is 48.5 Å². The van der Waals surface area contributed by atoms with Crippen molar-refractivity contribution in [2.24, 2.45) is 0 Å². The van der Waals surface area contributed by atoms with E-state index >= 15 is 0 Å².